The third-order valence-electron chi connectivity index (χ3n) is 5.41. The molecule has 7 heteroatoms. The van der Waals surface area contributed by atoms with Crippen LogP contribution in [-0.2, 0) is 11.2 Å². The quantitative estimate of drug-likeness (QED) is 0.335. The summed E-state index contributed by atoms with van der Waals surface area (Å²) in [6.45, 7) is 2.77. The van der Waals surface area contributed by atoms with E-state index in [9.17, 15) is 14.8 Å². The van der Waals surface area contributed by atoms with Gasteiger partial charge >= 0.3 is 0 Å². The maximum absolute atomic E-state index is 11.6. The molecule has 1 N–H and O–H groups in total. The molecule has 146 valence electrons. The molecule has 0 saturated carbocycles. The van der Waals surface area contributed by atoms with Gasteiger partial charge in [-0.1, -0.05) is 41.6 Å². The maximum atomic E-state index is 11.6. The summed E-state index contributed by atoms with van der Waals surface area (Å²) >= 11 is 0. The Labute approximate surface area is 166 Å². The Morgan fingerprint density at radius 2 is 1.89 bits per heavy atom. The van der Waals surface area contributed by atoms with Gasteiger partial charge in [0.1, 0.15) is 17.5 Å². The van der Waals surface area contributed by atoms with Crippen molar-refractivity contribution in [1.29, 1.82) is 0 Å². The predicted molar refractivity (Wildman–Crippen MR) is 113 cm³/mol. The summed E-state index contributed by atoms with van der Waals surface area (Å²) in [4.78, 5) is 28.3. The van der Waals surface area contributed by atoms with E-state index in [1.165, 1.54) is 23.0 Å². The number of piperidine rings is 1. The molecule has 2 aromatic carbocycles. The van der Waals surface area contributed by atoms with E-state index in [0.717, 1.165) is 38.9 Å². The van der Waals surface area contributed by atoms with E-state index in [4.69, 9.17) is 0 Å². The Morgan fingerprint density at radius 3 is 2.54 bits per heavy atom. The van der Waals surface area contributed by atoms with Crippen LogP contribution in [0.4, 0.5) is 5.69 Å². The van der Waals surface area contributed by atoms with E-state index in [1.807, 2.05) is 0 Å². The molecule has 1 aliphatic rings. The molecule has 2 aromatic rings. The zero-order valence-electron chi connectivity index (χ0n) is 15.6. The molecule has 28 heavy (non-hydrogen) atoms. The van der Waals surface area contributed by atoms with Crippen molar-refractivity contribution in [3.63, 3.8) is 0 Å². The summed E-state index contributed by atoms with van der Waals surface area (Å²) in [5.41, 5.74) is 1.91. The van der Waals surface area contributed by atoms with Crippen LogP contribution >= 0.6 is 9.24 Å². The van der Waals surface area contributed by atoms with E-state index in [0.29, 0.717) is 5.56 Å². The lowest BCUT2D eigenvalue weighted by molar-refractivity contribution is 0.171. The Kier molecular flexibility index (Phi) is 7.05. The van der Waals surface area contributed by atoms with Crippen molar-refractivity contribution >= 4 is 26.3 Å². The van der Waals surface area contributed by atoms with Gasteiger partial charge in [-0.05, 0) is 55.2 Å². The third kappa shape index (κ3) is 4.90. The van der Waals surface area contributed by atoms with Gasteiger partial charge < -0.3 is 10.0 Å². The van der Waals surface area contributed by atoms with Crippen molar-refractivity contribution in [2.75, 3.05) is 19.6 Å². The first-order valence-electron chi connectivity index (χ1n) is 9.41. The number of benzene rings is 2. The highest BCUT2D eigenvalue weighted by atomic mass is 31.0. The SMILES string of the molecule is O=C=Nc1c(O)cccc1[C@H](N=O)C1CCN(CCc2ccc(P)cc2)CC1. The maximum Gasteiger partial charge on any atom is 0.240 e. The van der Waals surface area contributed by atoms with Crippen molar-refractivity contribution in [3.8, 4) is 5.75 Å². The lowest BCUT2D eigenvalue weighted by Gasteiger charge is -2.34. The molecule has 0 aliphatic carbocycles. The first-order chi connectivity index (χ1) is 13.6. The minimum atomic E-state index is -0.629. The van der Waals surface area contributed by atoms with Crippen LogP contribution < -0.4 is 5.30 Å². The highest BCUT2D eigenvalue weighted by Gasteiger charge is 2.30. The van der Waals surface area contributed by atoms with Crippen LogP contribution in [0.15, 0.2) is 52.6 Å². The normalized spacial score (nSPS) is 16.3. The second kappa shape index (κ2) is 9.70. The number of likely N-dealkylation sites (tertiary alicyclic amines) is 1. The van der Waals surface area contributed by atoms with Crippen LogP contribution in [0.3, 0.4) is 0 Å². The van der Waals surface area contributed by atoms with Gasteiger partial charge in [0.25, 0.3) is 0 Å². The van der Waals surface area contributed by atoms with Crippen molar-refractivity contribution in [2.24, 2.45) is 16.1 Å². The van der Waals surface area contributed by atoms with Crippen molar-refractivity contribution < 1.29 is 9.90 Å². The van der Waals surface area contributed by atoms with Crippen LogP contribution in [0.2, 0.25) is 0 Å². The van der Waals surface area contributed by atoms with Crippen molar-refractivity contribution in [2.45, 2.75) is 25.3 Å². The molecule has 2 atom stereocenters. The molecule has 1 saturated heterocycles. The average molecular weight is 397 g/mol. The van der Waals surface area contributed by atoms with Gasteiger partial charge in [0.05, 0.1) is 0 Å². The predicted octanol–water partition coefficient (Wildman–Crippen LogP) is 3.62. The van der Waals surface area contributed by atoms with E-state index in [2.05, 4.69) is 48.6 Å². The summed E-state index contributed by atoms with van der Waals surface area (Å²) < 4.78 is 0. The zero-order valence-corrected chi connectivity index (χ0v) is 16.8. The van der Waals surface area contributed by atoms with E-state index in [-0.39, 0.29) is 17.4 Å². The first kappa shape index (κ1) is 20.3. The van der Waals surface area contributed by atoms with Gasteiger partial charge in [-0.15, -0.1) is 9.24 Å². The second-order valence-corrected chi connectivity index (χ2v) is 7.81. The molecule has 1 heterocycles. The second-order valence-electron chi connectivity index (χ2n) is 7.14. The van der Waals surface area contributed by atoms with Gasteiger partial charge in [0.2, 0.25) is 6.08 Å². The van der Waals surface area contributed by atoms with Crippen LogP contribution in [0.5, 0.6) is 5.75 Å². The fourth-order valence-corrected chi connectivity index (χ4v) is 4.01. The number of nitroso groups, excluding NO2 is 1. The van der Waals surface area contributed by atoms with Crippen molar-refractivity contribution in [3.05, 3.63) is 58.5 Å². The van der Waals surface area contributed by atoms with Crippen molar-refractivity contribution in [1.82, 2.24) is 4.90 Å². The fourth-order valence-electron chi connectivity index (χ4n) is 3.82. The number of hydrogen-bond acceptors (Lipinski definition) is 6. The number of para-hydroxylation sites is 1. The highest BCUT2D eigenvalue weighted by Crippen LogP contribution is 2.41. The van der Waals surface area contributed by atoms with Gasteiger partial charge in [-0.25, -0.2) is 4.79 Å². The molecule has 1 fully saturated rings. The van der Waals surface area contributed by atoms with E-state index < -0.39 is 6.04 Å². The van der Waals surface area contributed by atoms with Crippen LogP contribution in [0.25, 0.3) is 0 Å². The van der Waals surface area contributed by atoms with Gasteiger partial charge in [-0.2, -0.15) is 9.90 Å². The Hall–Kier alpha value is -2.39. The molecule has 0 radical (unpaired) electrons. The summed E-state index contributed by atoms with van der Waals surface area (Å²) in [5.74, 6) is -0.0732. The van der Waals surface area contributed by atoms with Gasteiger partial charge in [0, 0.05) is 12.1 Å². The first-order valence-corrected chi connectivity index (χ1v) is 9.99. The summed E-state index contributed by atoms with van der Waals surface area (Å²) in [5, 5.41) is 14.5. The Balaban J connectivity index is 1.62. The van der Waals surface area contributed by atoms with Crippen LogP contribution in [0, 0.1) is 10.8 Å². The molecular weight excluding hydrogens is 373 g/mol. The number of carbonyl (C=O) groups excluding carboxylic acids is 1. The highest BCUT2D eigenvalue weighted by molar-refractivity contribution is 7.27. The molecular formula is C21H24N3O3P. The molecule has 6 nitrogen and oxygen atoms in total. The largest absolute Gasteiger partial charge is 0.506 e. The Bertz CT molecular complexity index is 858. The molecule has 0 aromatic heterocycles. The number of aliphatic imine (C=N–C) groups is 1. The summed E-state index contributed by atoms with van der Waals surface area (Å²) in [7, 11) is 2.69. The molecule has 0 bridgehead atoms. The minimum Gasteiger partial charge on any atom is -0.506 e. The number of hydrogen-bond donors (Lipinski definition) is 1. The molecule has 3 rings (SSSR count). The standard InChI is InChI=1S/C21H24N3O3P/c25-14-22-21-18(2-1-3-19(21)26)20(23-27)16-9-12-24(13-10-16)11-8-15-4-6-17(28)7-5-15/h1-7,16,20,26H,8-13,28H2/t20-/m1/s1. The van der Waals surface area contributed by atoms with E-state index >= 15 is 0 Å². The third-order valence-corrected chi connectivity index (χ3v) is 5.80. The monoisotopic (exact) mass is 397 g/mol. The number of rotatable bonds is 7. The Morgan fingerprint density at radius 1 is 1.18 bits per heavy atom. The van der Waals surface area contributed by atoms with Crippen LogP contribution in [0.1, 0.15) is 30.0 Å². The van der Waals surface area contributed by atoms with Gasteiger partial charge in [0.15, 0.2) is 0 Å². The lowest BCUT2D eigenvalue weighted by atomic mass is 9.85. The van der Waals surface area contributed by atoms with Crippen LogP contribution in [-0.4, -0.2) is 35.7 Å². The number of isocyanates is 1. The lowest BCUT2D eigenvalue weighted by Crippen LogP contribution is -2.36. The topological polar surface area (TPSA) is 82.3 Å². The van der Waals surface area contributed by atoms with E-state index in [1.54, 1.807) is 12.1 Å². The molecule has 1 unspecified atom stereocenters. The summed E-state index contributed by atoms with van der Waals surface area (Å²) in [6.07, 6.45) is 4.12. The summed E-state index contributed by atoms with van der Waals surface area (Å²) in [6, 6.07) is 12.6. The molecule has 0 amide bonds. The number of nitrogens with zero attached hydrogens (tertiary/aromatic N) is 3. The van der Waals surface area contributed by atoms with Gasteiger partial charge in [-0.3, -0.25) is 0 Å². The fraction of sp³-hybridized carbons (Fsp3) is 0.381. The molecule has 1 aliphatic heterocycles. The number of aromatic hydroxyl groups is 1. The smallest absolute Gasteiger partial charge is 0.240 e. The number of phenols is 1. The minimum absolute atomic E-state index is 0.0625. The zero-order chi connectivity index (χ0) is 19.9. The number of phenolic OH excluding ortho intramolecular Hbond substituents is 1. The molecule has 0 spiro atoms. The average Bonchev–Trinajstić information content (AvgIpc) is 2.71.